The number of halogens is 1. The molecule has 0 saturated heterocycles. The molecule has 5 nitrogen and oxygen atoms in total. The van der Waals surface area contributed by atoms with Crippen molar-refractivity contribution in [3.63, 3.8) is 0 Å². The second kappa shape index (κ2) is 5.09. The molecule has 0 radical (unpaired) electrons. The summed E-state index contributed by atoms with van der Waals surface area (Å²) in [4.78, 5) is 3.75. The molecule has 0 aliphatic carbocycles. The lowest BCUT2D eigenvalue weighted by Gasteiger charge is -2.06. The molecule has 0 bridgehead atoms. The highest BCUT2D eigenvalue weighted by Crippen LogP contribution is 2.19. The maximum Gasteiger partial charge on any atom is 0.243 e. The third kappa shape index (κ3) is 2.90. The van der Waals surface area contributed by atoms with Gasteiger partial charge in [0, 0.05) is 38.4 Å². The molecule has 0 aromatic carbocycles. The van der Waals surface area contributed by atoms with Crippen molar-refractivity contribution >= 4 is 21.6 Å². The summed E-state index contributed by atoms with van der Waals surface area (Å²) in [5, 5.41) is 0.158. The van der Waals surface area contributed by atoms with E-state index in [1.54, 1.807) is 0 Å². The zero-order valence-electron chi connectivity index (χ0n) is 9.67. The summed E-state index contributed by atoms with van der Waals surface area (Å²) < 4.78 is 28.3. The first kappa shape index (κ1) is 13.1. The summed E-state index contributed by atoms with van der Waals surface area (Å²) in [6.07, 6.45) is 6.36. The number of aryl methyl sites for hydroxylation is 1. The van der Waals surface area contributed by atoms with Crippen molar-refractivity contribution in [1.82, 2.24) is 14.3 Å². The van der Waals surface area contributed by atoms with Gasteiger partial charge in [-0.05, 0) is 17.7 Å². The number of hydrogen-bond donors (Lipinski definition) is 1. The zero-order valence-corrected chi connectivity index (χ0v) is 11.2. The first-order valence-corrected chi connectivity index (χ1v) is 7.05. The fourth-order valence-corrected chi connectivity index (χ4v) is 2.93. The molecule has 2 heterocycles. The average Bonchev–Trinajstić information content (AvgIpc) is 2.73. The van der Waals surface area contributed by atoms with Crippen LogP contribution < -0.4 is 4.72 Å². The molecule has 18 heavy (non-hydrogen) atoms. The summed E-state index contributed by atoms with van der Waals surface area (Å²) in [7, 11) is -1.76. The molecule has 0 unspecified atom stereocenters. The first-order chi connectivity index (χ1) is 8.49. The van der Waals surface area contributed by atoms with Crippen LogP contribution in [0.25, 0.3) is 0 Å². The Morgan fingerprint density at radius 2 is 2.22 bits per heavy atom. The van der Waals surface area contributed by atoms with E-state index in [4.69, 9.17) is 11.6 Å². The summed E-state index contributed by atoms with van der Waals surface area (Å²) in [6.45, 7) is 0.217. The van der Waals surface area contributed by atoms with Gasteiger partial charge >= 0.3 is 0 Å². The predicted octanol–water partition coefficient (Wildman–Crippen LogP) is 1.55. The van der Waals surface area contributed by atoms with Gasteiger partial charge in [0.15, 0.2) is 0 Å². The second-order valence-electron chi connectivity index (χ2n) is 3.82. The smallest absolute Gasteiger partial charge is 0.243 e. The molecular formula is C11H12ClN3O2S. The predicted molar refractivity (Wildman–Crippen MR) is 68.7 cm³/mol. The lowest BCUT2D eigenvalue weighted by molar-refractivity contribution is 0.581. The number of pyridine rings is 1. The molecule has 7 heteroatoms. The summed E-state index contributed by atoms with van der Waals surface area (Å²) in [6, 6.07) is 3.28. The number of hydrogen-bond acceptors (Lipinski definition) is 3. The standard InChI is InChI=1S/C11H12ClN3O2S/c1-15-5-3-9(8-15)6-14-18(16,17)11-7-13-4-2-10(11)12/h2-5,7-8,14H,6H2,1H3. The van der Waals surface area contributed by atoms with E-state index in [1.165, 1.54) is 18.5 Å². The number of sulfonamides is 1. The molecule has 0 amide bonds. The molecule has 0 saturated carbocycles. The highest BCUT2D eigenvalue weighted by Gasteiger charge is 2.17. The summed E-state index contributed by atoms with van der Waals surface area (Å²) in [5.74, 6) is 0. The van der Waals surface area contributed by atoms with Gasteiger partial charge in [-0.1, -0.05) is 11.6 Å². The van der Waals surface area contributed by atoms with Crippen molar-refractivity contribution < 1.29 is 8.42 Å². The molecule has 0 aliphatic rings. The van der Waals surface area contributed by atoms with Gasteiger partial charge in [0.2, 0.25) is 10.0 Å². The maximum atomic E-state index is 12.0. The Morgan fingerprint density at radius 1 is 1.44 bits per heavy atom. The van der Waals surface area contributed by atoms with Crippen molar-refractivity contribution in [3.05, 3.63) is 47.5 Å². The summed E-state index contributed by atoms with van der Waals surface area (Å²) in [5.41, 5.74) is 0.876. The molecule has 0 fully saturated rings. The Hall–Kier alpha value is -1.37. The fraction of sp³-hybridized carbons (Fsp3) is 0.182. The van der Waals surface area contributed by atoms with Gasteiger partial charge in [-0.3, -0.25) is 4.98 Å². The minimum absolute atomic E-state index is 0.0115. The van der Waals surface area contributed by atoms with Gasteiger partial charge in [0.05, 0.1) is 5.02 Å². The Morgan fingerprint density at radius 3 is 2.83 bits per heavy atom. The average molecular weight is 286 g/mol. The van der Waals surface area contributed by atoms with E-state index in [2.05, 4.69) is 9.71 Å². The monoisotopic (exact) mass is 285 g/mol. The second-order valence-corrected chi connectivity index (χ2v) is 5.96. The van der Waals surface area contributed by atoms with E-state index in [-0.39, 0.29) is 16.5 Å². The SMILES string of the molecule is Cn1ccc(CNS(=O)(=O)c2cnccc2Cl)c1. The molecule has 96 valence electrons. The van der Waals surface area contributed by atoms with E-state index in [9.17, 15) is 8.42 Å². The van der Waals surface area contributed by atoms with Crippen molar-refractivity contribution in [2.75, 3.05) is 0 Å². The van der Waals surface area contributed by atoms with Crippen molar-refractivity contribution in [2.24, 2.45) is 7.05 Å². The minimum Gasteiger partial charge on any atom is -0.357 e. The number of nitrogens with one attached hydrogen (secondary N) is 1. The third-order valence-corrected chi connectivity index (χ3v) is 4.25. The van der Waals surface area contributed by atoms with Gasteiger partial charge in [-0.25, -0.2) is 13.1 Å². The van der Waals surface area contributed by atoms with Gasteiger partial charge in [0.25, 0.3) is 0 Å². The topological polar surface area (TPSA) is 64.0 Å². The Balaban J connectivity index is 2.16. The van der Waals surface area contributed by atoms with Crippen LogP contribution in [0.2, 0.25) is 5.02 Å². The highest BCUT2D eigenvalue weighted by atomic mass is 35.5. The molecular weight excluding hydrogens is 274 g/mol. The van der Waals surface area contributed by atoms with Crippen LogP contribution in [0.3, 0.4) is 0 Å². The molecule has 2 rings (SSSR count). The van der Waals surface area contributed by atoms with Crippen molar-refractivity contribution in [2.45, 2.75) is 11.4 Å². The van der Waals surface area contributed by atoms with Crippen LogP contribution in [0, 0.1) is 0 Å². The number of rotatable bonds is 4. The van der Waals surface area contributed by atoms with Crippen LogP contribution >= 0.6 is 11.6 Å². The number of nitrogens with zero attached hydrogens (tertiary/aromatic N) is 2. The first-order valence-electron chi connectivity index (χ1n) is 5.19. The molecule has 0 aliphatic heterocycles. The van der Waals surface area contributed by atoms with Crippen LogP contribution in [0.5, 0.6) is 0 Å². The van der Waals surface area contributed by atoms with E-state index in [1.807, 2.05) is 30.1 Å². The van der Waals surface area contributed by atoms with Gasteiger partial charge in [0.1, 0.15) is 4.90 Å². The third-order valence-electron chi connectivity index (χ3n) is 2.38. The van der Waals surface area contributed by atoms with E-state index in [0.29, 0.717) is 0 Å². The van der Waals surface area contributed by atoms with E-state index >= 15 is 0 Å². The maximum absolute atomic E-state index is 12.0. The molecule has 0 spiro atoms. The van der Waals surface area contributed by atoms with Gasteiger partial charge in [-0.15, -0.1) is 0 Å². The van der Waals surface area contributed by atoms with Gasteiger partial charge < -0.3 is 4.57 Å². The number of aromatic nitrogens is 2. The van der Waals surface area contributed by atoms with E-state index < -0.39 is 10.0 Å². The normalized spacial score (nSPS) is 11.7. The Bertz CT molecular complexity index is 652. The zero-order chi connectivity index (χ0) is 13.2. The Labute approximate surface area is 110 Å². The van der Waals surface area contributed by atoms with Crippen molar-refractivity contribution in [3.8, 4) is 0 Å². The van der Waals surface area contributed by atoms with Gasteiger partial charge in [-0.2, -0.15) is 0 Å². The van der Waals surface area contributed by atoms with Crippen LogP contribution in [0.4, 0.5) is 0 Å². The quantitative estimate of drug-likeness (QED) is 0.927. The molecule has 2 aromatic heterocycles. The summed E-state index contributed by atoms with van der Waals surface area (Å²) >= 11 is 5.83. The van der Waals surface area contributed by atoms with Crippen LogP contribution in [0.15, 0.2) is 41.8 Å². The van der Waals surface area contributed by atoms with Crippen molar-refractivity contribution in [1.29, 1.82) is 0 Å². The van der Waals surface area contributed by atoms with Crippen LogP contribution in [0.1, 0.15) is 5.56 Å². The van der Waals surface area contributed by atoms with Crippen LogP contribution in [-0.2, 0) is 23.6 Å². The Kier molecular flexibility index (Phi) is 3.70. The molecule has 1 N–H and O–H groups in total. The van der Waals surface area contributed by atoms with Crippen LogP contribution in [-0.4, -0.2) is 18.0 Å². The largest absolute Gasteiger partial charge is 0.357 e. The highest BCUT2D eigenvalue weighted by molar-refractivity contribution is 7.89. The molecule has 2 aromatic rings. The fourth-order valence-electron chi connectivity index (χ4n) is 1.48. The lowest BCUT2D eigenvalue weighted by atomic mass is 10.4. The molecule has 0 atom stereocenters. The minimum atomic E-state index is -3.63. The lowest BCUT2D eigenvalue weighted by Crippen LogP contribution is -2.23. The van der Waals surface area contributed by atoms with E-state index in [0.717, 1.165) is 5.56 Å².